The summed E-state index contributed by atoms with van der Waals surface area (Å²) in [6.45, 7) is -0.144. The first-order chi connectivity index (χ1) is 10.6. The van der Waals surface area contributed by atoms with Gasteiger partial charge in [-0.05, 0) is 30.7 Å². The molecule has 0 spiro atoms. The molecule has 2 aliphatic rings. The number of rotatable bonds is 4. The molecule has 118 valence electrons. The summed E-state index contributed by atoms with van der Waals surface area (Å²) in [5, 5.41) is 22.2. The summed E-state index contributed by atoms with van der Waals surface area (Å²) in [4.78, 5) is 12.0. The number of amides is 1. The van der Waals surface area contributed by atoms with Crippen LogP contribution in [-0.4, -0.2) is 35.1 Å². The Morgan fingerprint density at radius 2 is 2.23 bits per heavy atom. The van der Waals surface area contributed by atoms with Crippen molar-refractivity contribution >= 4 is 13.0 Å². The van der Waals surface area contributed by atoms with E-state index in [-0.39, 0.29) is 18.6 Å². The van der Waals surface area contributed by atoms with Crippen molar-refractivity contribution in [2.75, 3.05) is 0 Å². The maximum Gasteiger partial charge on any atom is 0.547 e. The number of hydrogen-bond acceptors (Lipinski definition) is 5. The molecule has 7 heteroatoms. The SMILES string of the molecule is NC1CC(CC(=O)N[C@H]2Cc3cccc(CO)c3OB2O)C1. The average Bonchev–Trinajstić information content (AvgIpc) is 2.46. The minimum atomic E-state index is -1.10. The summed E-state index contributed by atoms with van der Waals surface area (Å²) in [6, 6.07) is 5.69. The van der Waals surface area contributed by atoms with E-state index in [1.54, 1.807) is 6.07 Å². The van der Waals surface area contributed by atoms with Crippen molar-refractivity contribution < 1.29 is 19.6 Å². The van der Waals surface area contributed by atoms with Crippen LogP contribution in [0.3, 0.4) is 0 Å². The number of aliphatic hydroxyl groups is 1. The third kappa shape index (κ3) is 3.11. The van der Waals surface area contributed by atoms with E-state index in [2.05, 4.69) is 5.32 Å². The number of fused-ring (bicyclic) bond motifs is 1. The van der Waals surface area contributed by atoms with Crippen LogP contribution in [0.15, 0.2) is 18.2 Å². The average molecular weight is 304 g/mol. The van der Waals surface area contributed by atoms with Crippen molar-refractivity contribution in [3.8, 4) is 5.75 Å². The number of nitrogens with two attached hydrogens (primary N) is 1. The fourth-order valence-corrected chi connectivity index (χ4v) is 3.22. The largest absolute Gasteiger partial charge is 0.547 e. The van der Waals surface area contributed by atoms with Gasteiger partial charge >= 0.3 is 7.12 Å². The summed E-state index contributed by atoms with van der Waals surface area (Å²) in [7, 11) is -1.10. The summed E-state index contributed by atoms with van der Waals surface area (Å²) in [5.41, 5.74) is 7.24. The van der Waals surface area contributed by atoms with Crippen LogP contribution >= 0.6 is 0 Å². The van der Waals surface area contributed by atoms with E-state index in [4.69, 9.17) is 10.4 Å². The zero-order chi connectivity index (χ0) is 15.7. The molecule has 1 aromatic rings. The van der Waals surface area contributed by atoms with Crippen LogP contribution in [0.2, 0.25) is 0 Å². The van der Waals surface area contributed by atoms with E-state index in [9.17, 15) is 14.9 Å². The third-order valence-corrected chi connectivity index (χ3v) is 4.46. The molecular formula is C15H21BN2O4. The fraction of sp³-hybridized carbons (Fsp3) is 0.533. The van der Waals surface area contributed by atoms with Crippen LogP contribution in [0, 0.1) is 5.92 Å². The van der Waals surface area contributed by atoms with Crippen LogP contribution in [0.5, 0.6) is 5.75 Å². The van der Waals surface area contributed by atoms with E-state index >= 15 is 0 Å². The molecule has 1 fully saturated rings. The third-order valence-electron chi connectivity index (χ3n) is 4.46. The predicted molar refractivity (Wildman–Crippen MR) is 81.9 cm³/mol. The molecule has 0 radical (unpaired) electrons. The maximum absolute atomic E-state index is 12.0. The smallest absolute Gasteiger partial charge is 0.534 e. The van der Waals surface area contributed by atoms with Crippen molar-refractivity contribution in [2.45, 2.75) is 44.3 Å². The number of benzene rings is 1. The topological polar surface area (TPSA) is 105 Å². The van der Waals surface area contributed by atoms with Gasteiger partial charge in [-0.15, -0.1) is 0 Å². The first kappa shape index (κ1) is 15.3. The van der Waals surface area contributed by atoms with Crippen molar-refractivity contribution in [3.63, 3.8) is 0 Å². The zero-order valence-electron chi connectivity index (χ0n) is 12.4. The highest BCUT2D eigenvalue weighted by Gasteiger charge is 2.37. The van der Waals surface area contributed by atoms with Crippen LogP contribution in [-0.2, 0) is 17.8 Å². The molecule has 1 aliphatic heterocycles. The quantitative estimate of drug-likeness (QED) is 0.574. The van der Waals surface area contributed by atoms with E-state index in [0.717, 1.165) is 18.4 Å². The molecule has 5 N–H and O–H groups in total. The second kappa shape index (κ2) is 6.28. The fourth-order valence-electron chi connectivity index (χ4n) is 3.22. The molecule has 1 heterocycles. The number of nitrogens with one attached hydrogen (secondary N) is 1. The first-order valence-electron chi connectivity index (χ1n) is 7.68. The van der Waals surface area contributed by atoms with Gasteiger partial charge in [0.15, 0.2) is 0 Å². The van der Waals surface area contributed by atoms with E-state index < -0.39 is 13.1 Å². The van der Waals surface area contributed by atoms with Crippen molar-refractivity contribution in [1.82, 2.24) is 5.32 Å². The van der Waals surface area contributed by atoms with Gasteiger partial charge < -0.3 is 25.8 Å². The van der Waals surface area contributed by atoms with Gasteiger partial charge in [-0.25, -0.2) is 0 Å². The molecule has 1 amide bonds. The van der Waals surface area contributed by atoms with Gasteiger partial charge in [0.2, 0.25) is 5.91 Å². The van der Waals surface area contributed by atoms with Gasteiger partial charge in [-0.3, -0.25) is 4.79 Å². The summed E-state index contributed by atoms with van der Waals surface area (Å²) in [5.74, 6) is 0.326. The summed E-state index contributed by atoms with van der Waals surface area (Å²) >= 11 is 0. The normalized spacial score (nSPS) is 26.7. The predicted octanol–water partition coefficient (Wildman–Crippen LogP) is -0.254. The van der Waals surface area contributed by atoms with E-state index in [0.29, 0.717) is 30.1 Å². The van der Waals surface area contributed by atoms with E-state index in [1.807, 2.05) is 12.1 Å². The van der Waals surface area contributed by atoms with Gasteiger partial charge in [0, 0.05) is 18.0 Å². The molecule has 1 aliphatic carbocycles. The van der Waals surface area contributed by atoms with Crippen LogP contribution < -0.4 is 15.7 Å². The molecule has 0 aromatic heterocycles. The highest BCUT2D eigenvalue weighted by molar-refractivity contribution is 6.46. The maximum atomic E-state index is 12.0. The molecular weight excluding hydrogens is 283 g/mol. The molecule has 1 aromatic carbocycles. The highest BCUT2D eigenvalue weighted by atomic mass is 16.5. The lowest BCUT2D eigenvalue weighted by molar-refractivity contribution is -0.123. The molecule has 0 unspecified atom stereocenters. The summed E-state index contributed by atoms with van der Waals surface area (Å²) in [6.07, 6.45) is 2.71. The Bertz CT molecular complexity index is 562. The Labute approximate surface area is 129 Å². The van der Waals surface area contributed by atoms with Crippen molar-refractivity contribution in [1.29, 1.82) is 0 Å². The Kier molecular flexibility index (Phi) is 4.38. The Morgan fingerprint density at radius 1 is 1.45 bits per heavy atom. The lowest BCUT2D eigenvalue weighted by atomic mass is 9.72. The second-order valence-corrected chi connectivity index (χ2v) is 6.25. The van der Waals surface area contributed by atoms with Gasteiger partial charge in [-0.2, -0.15) is 0 Å². The number of carbonyl (C=O) groups is 1. The van der Waals surface area contributed by atoms with Gasteiger partial charge in [0.25, 0.3) is 0 Å². The lowest BCUT2D eigenvalue weighted by Crippen LogP contribution is -2.53. The number of hydrogen-bond donors (Lipinski definition) is 4. The van der Waals surface area contributed by atoms with Crippen LogP contribution in [0.1, 0.15) is 30.4 Å². The Hall–Kier alpha value is -1.57. The van der Waals surface area contributed by atoms with Gasteiger partial charge in [-0.1, -0.05) is 18.2 Å². The zero-order valence-corrected chi connectivity index (χ0v) is 12.4. The number of para-hydroxylation sites is 1. The van der Waals surface area contributed by atoms with Crippen LogP contribution in [0.4, 0.5) is 0 Å². The first-order valence-corrected chi connectivity index (χ1v) is 7.68. The number of carbonyl (C=O) groups excluding carboxylic acids is 1. The number of aliphatic hydroxyl groups excluding tert-OH is 1. The Morgan fingerprint density at radius 3 is 2.91 bits per heavy atom. The molecule has 3 rings (SSSR count). The van der Waals surface area contributed by atoms with Crippen molar-refractivity contribution in [2.24, 2.45) is 11.7 Å². The minimum Gasteiger partial charge on any atom is -0.534 e. The van der Waals surface area contributed by atoms with E-state index in [1.165, 1.54) is 0 Å². The standard InChI is InChI=1S/C15H21BN2O4/c17-12-4-9(5-12)6-14(20)18-13-7-10-2-1-3-11(8-19)15(10)22-16(13)21/h1-3,9,12-13,19,21H,4-8,17H2,(H,18,20)/t9?,12?,13-/m0/s1. The Balaban J connectivity index is 1.62. The van der Waals surface area contributed by atoms with Crippen molar-refractivity contribution in [3.05, 3.63) is 29.3 Å². The minimum absolute atomic E-state index is 0.0775. The molecule has 1 atom stereocenters. The summed E-state index contributed by atoms with van der Waals surface area (Å²) < 4.78 is 5.49. The van der Waals surface area contributed by atoms with Crippen LogP contribution in [0.25, 0.3) is 0 Å². The molecule has 1 saturated carbocycles. The highest BCUT2D eigenvalue weighted by Crippen LogP contribution is 2.31. The van der Waals surface area contributed by atoms with Gasteiger partial charge in [0.05, 0.1) is 12.5 Å². The van der Waals surface area contributed by atoms with Gasteiger partial charge in [0.1, 0.15) is 5.75 Å². The molecule has 6 nitrogen and oxygen atoms in total. The monoisotopic (exact) mass is 304 g/mol. The molecule has 0 bridgehead atoms. The molecule has 22 heavy (non-hydrogen) atoms. The molecule has 0 saturated heterocycles. The lowest BCUT2D eigenvalue weighted by Gasteiger charge is -2.33. The second-order valence-electron chi connectivity index (χ2n) is 6.25.